The van der Waals surface area contributed by atoms with Gasteiger partial charge < -0.3 is 14.7 Å². The molecule has 1 N–H and O–H groups in total. The van der Waals surface area contributed by atoms with Gasteiger partial charge in [-0.15, -0.1) is 0 Å². The van der Waals surface area contributed by atoms with E-state index in [-0.39, 0.29) is 12.3 Å². The molecule has 1 aromatic carbocycles. The highest BCUT2D eigenvalue weighted by Gasteiger charge is 2.22. The molecule has 0 spiro atoms. The van der Waals surface area contributed by atoms with E-state index in [1.807, 2.05) is 11.9 Å². The molecule has 6 nitrogen and oxygen atoms in total. The van der Waals surface area contributed by atoms with Crippen LogP contribution in [0.5, 0.6) is 0 Å². The van der Waals surface area contributed by atoms with Crippen molar-refractivity contribution in [3.8, 4) is 0 Å². The number of rotatable bonds is 5. The highest BCUT2D eigenvalue weighted by atomic mass is 16.6. The molecule has 1 aliphatic heterocycles. The van der Waals surface area contributed by atoms with Gasteiger partial charge in [-0.2, -0.15) is 0 Å². The fourth-order valence-corrected chi connectivity index (χ4v) is 2.34. The standard InChI is InChI=1S/C13H18N2O4/c1-14(7-11-4-5-19-9-11)13-6-10(8-16)2-3-12(13)15(17)18/h2-3,6,11,16H,4-5,7-9H2,1H3. The minimum Gasteiger partial charge on any atom is -0.392 e. The Labute approximate surface area is 111 Å². The zero-order valence-electron chi connectivity index (χ0n) is 10.9. The van der Waals surface area contributed by atoms with E-state index in [1.54, 1.807) is 12.1 Å². The topological polar surface area (TPSA) is 75.8 Å². The van der Waals surface area contributed by atoms with Crippen molar-refractivity contribution in [3.63, 3.8) is 0 Å². The van der Waals surface area contributed by atoms with Gasteiger partial charge in [0, 0.05) is 32.2 Å². The van der Waals surface area contributed by atoms with Gasteiger partial charge in [0.1, 0.15) is 5.69 Å². The Morgan fingerprint density at radius 1 is 1.58 bits per heavy atom. The van der Waals surface area contributed by atoms with Crippen LogP contribution in [0.3, 0.4) is 0 Å². The fraction of sp³-hybridized carbons (Fsp3) is 0.538. The van der Waals surface area contributed by atoms with E-state index in [2.05, 4.69) is 0 Å². The fourth-order valence-electron chi connectivity index (χ4n) is 2.34. The number of nitro benzene ring substituents is 1. The first-order valence-electron chi connectivity index (χ1n) is 6.29. The van der Waals surface area contributed by atoms with Crippen LogP contribution in [0.25, 0.3) is 0 Å². The van der Waals surface area contributed by atoms with Crippen molar-refractivity contribution in [1.82, 2.24) is 0 Å². The Kier molecular flexibility index (Phi) is 4.34. The Morgan fingerprint density at radius 3 is 2.95 bits per heavy atom. The number of benzene rings is 1. The Morgan fingerprint density at radius 2 is 2.37 bits per heavy atom. The summed E-state index contributed by atoms with van der Waals surface area (Å²) in [7, 11) is 1.84. The predicted octanol–water partition coefficient (Wildman–Crippen LogP) is 1.56. The van der Waals surface area contributed by atoms with Crippen LogP contribution in [-0.4, -0.2) is 36.8 Å². The van der Waals surface area contributed by atoms with Gasteiger partial charge >= 0.3 is 0 Å². The average Bonchev–Trinajstić information content (AvgIpc) is 2.90. The smallest absolute Gasteiger partial charge is 0.292 e. The third kappa shape index (κ3) is 3.21. The maximum absolute atomic E-state index is 11.1. The minimum atomic E-state index is -0.391. The molecular formula is C13H18N2O4. The summed E-state index contributed by atoms with van der Waals surface area (Å²) in [4.78, 5) is 12.5. The lowest BCUT2D eigenvalue weighted by Gasteiger charge is -2.22. The molecule has 1 saturated heterocycles. The van der Waals surface area contributed by atoms with E-state index in [1.165, 1.54) is 6.07 Å². The second-order valence-electron chi connectivity index (χ2n) is 4.85. The minimum absolute atomic E-state index is 0.0682. The molecule has 1 atom stereocenters. The second kappa shape index (κ2) is 5.99. The molecule has 0 saturated carbocycles. The summed E-state index contributed by atoms with van der Waals surface area (Å²) in [5, 5.41) is 20.2. The number of nitro groups is 1. The average molecular weight is 266 g/mol. The van der Waals surface area contributed by atoms with Crippen LogP contribution >= 0.6 is 0 Å². The van der Waals surface area contributed by atoms with Crippen molar-refractivity contribution in [3.05, 3.63) is 33.9 Å². The van der Waals surface area contributed by atoms with Crippen LogP contribution < -0.4 is 4.90 Å². The lowest BCUT2D eigenvalue weighted by Crippen LogP contribution is -2.26. The van der Waals surface area contributed by atoms with Gasteiger partial charge in [0.05, 0.1) is 18.1 Å². The number of hydrogen-bond donors (Lipinski definition) is 1. The van der Waals surface area contributed by atoms with E-state index in [0.717, 1.165) is 19.6 Å². The summed E-state index contributed by atoms with van der Waals surface area (Å²) < 4.78 is 5.32. The van der Waals surface area contributed by atoms with Gasteiger partial charge in [-0.1, -0.05) is 0 Å². The first-order chi connectivity index (χ1) is 9.11. The summed E-state index contributed by atoms with van der Waals surface area (Å²) in [5.41, 5.74) is 1.29. The molecule has 1 aromatic rings. The number of ether oxygens (including phenoxy) is 1. The quantitative estimate of drug-likeness (QED) is 0.646. The predicted molar refractivity (Wildman–Crippen MR) is 71.2 cm³/mol. The number of anilines is 1. The van der Waals surface area contributed by atoms with Crippen molar-refractivity contribution in [2.24, 2.45) is 5.92 Å². The third-order valence-electron chi connectivity index (χ3n) is 3.39. The summed E-state index contributed by atoms with van der Waals surface area (Å²) in [6.45, 7) is 2.07. The highest BCUT2D eigenvalue weighted by molar-refractivity contribution is 5.64. The van der Waals surface area contributed by atoms with Crippen molar-refractivity contribution < 1.29 is 14.8 Å². The SMILES string of the molecule is CN(CC1CCOC1)c1cc(CO)ccc1[N+](=O)[O-]. The first kappa shape index (κ1) is 13.8. The molecule has 2 rings (SSSR count). The van der Waals surface area contributed by atoms with Gasteiger partial charge in [0.15, 0.2) is 0 Å². The maximum Gasteiger partial charge on any atom is 0.292 e. The molecule has 1 aliphatic rings. The Hall–Kier alpha value is -1.66. The van der Waals surface area contributed by atoms with Crippen LogP contribution in [0.15, 0.2) is 18.2 Å². The van der Waals surface area contributed by atoms with Gasteiger partial charge in [-0.3, -0.25) is 10.1 Å². The first-order valence-corrected chi connectivity index (χ1v) is 6.29. The molecular weight excluding hydrogens is 248 g/mol. The van der Waals surface area contributed by atoms with E-state index in [0.29, 0.717) is 23.8 Å². The molecule has 0 bridgehead atoms. The third-order valence-corrected chi connectivity index (χ3v) is 3.39. The van der Waals surface area contributed by atoms with E-state index < -0.39 is 4.92 Å². The van der Waals surface area contributed by atoms with Crippen LogP contribution in [-0.2, 0) is 11.3 Å². The number of aliphatic hydroxyl groups is 1. The summed E-state index contributed by atoms with van der Waals surface area (Å²) in [5.74, 6) is 0.405. The zero-order chi connectivity index (χ0) is 13.8. The molecule has 0 amide bonds. The van der Waals surface area contributed by atoms with Gasteiger partial charge in [-0.25, -0.2) is 0 Å². The second-order valence-corrected chi connectivity index (χ2v) is 4.85. The highest BCUT2D eigenvalue weighted by Crippen LogP contribution is 2.29. The zero-order valence-corrected chi connectivity index (χ0v) is 10.9. The molecule has 1 heterocycles. The van der Waals surface area contributed by atoms with Crippen molar-refractivity contribution in [2.75, 3.05) is 31.7 Å². The van der Waals surface area contributed by atoms with Gasteiger partial charge in [0.2, 0.25) is 0 Å². The van der Waals surface area contributed by atoms with Crippen LogP contribution in [0.2, 0.25) is 0 Å². The number of aliphatic hydroxyl groups excluding tert-OH is 1. The van der Waals surface area contributed by atoms with Crippen molar-refractivity contribution >= 4 is 11.4 Å². The summed E-state index contributed by atoms with van der Waals surface area (Å²) in [6.07, 6.45) is 0.984. The maximum atomic E-state index is 11.1. The van der Waals surface area contributed by atoms with Crippen molar-refractivity contribution in [2.45, 2.75) is 13.0 Å². The molecule has 104 valence electrons. The van der Waals surface area contributed by atoms with Crippen molar-refractivity contribution in [1.29, 1.82) is 0 Å². The lowest BCUT2D eigenvalue weighted by atomic mass is 10.1. The van der Waals surface area contributed by atoms with Gasteiger partial charge in [-0.05, 0) is 24.1 Å². The Balaban J connectivity index is 2.21. The normalized spacial score (nSPS) is 18.5. The van der Waals surface area contributed by atoms with Gasteiger partial charge in [0.25, 0.3) is 5.69 Å². The molecule has 19 heavy (non-hydrogen) atoms. The molecule has 1 fully saturated rings. The van der Waals surface area contributed by atoms with E-state index in [4.69, 9.17) is 9.84 Å². The molecule has 6 heteroatoms. The van der Waals surface area contributed by atoms with Crippen LogP contribution in [0.4, 0.5) is 11.4 Å². The lowest BCUT2D eigenvalue weighted by molar-refractivity contribution is -0.384. The molecule has 0 radical (unpaired) electrons. The van der Waals surface area contributed by atoms with E-state index in [9.17, 15) is 10.1 Å². The van der Waals surface area contributed by atoms with Crippen LogP contribution in [0, 0.1) is 16.0 Å². The molecule has 0 aromatic heterocycles. The number of hydrogen-bond acceptors (Lipinski definition) is 5. The monoisotopic (exact) mass is 266 g/mol. The number of nitrogens with zero attached hydrogens (tertiary/aromatic N) is 2. The Bertz CT molecular complexity index is 458. The summed E-state index contributed by atoms with van der Waals surface area (Å²) in [6, 6.07) is 4.70. The molecule has 1 unspecified atom stereocenters. The van der Waals surface area contributed by atoms with E-state index >= 15 is 0 Å². The van der Waals surface area contributed by atoms with Crippen LogP contribution in [0.1, 0.15) is 12.0 Å². The largest absolute Gasteiger partial charge is 0.392 e. The molecule has 0 aliphatic carbocycles. The summed E-state index contributed by atoms with van der Waals surface area (Å²) >= 11 is 0.